The second-order valence-electron chi connectivity index (χ2n) is 4.00. The van der Waals surface area contributed by atoms with Crippen LogP contribution in [0.2, 0.25) is 0 Å². The van der Waals surface area contributed by atoms with Crippen LogP contribution in [0.5, 0.6) is 5.75 Å². The van der Waals surface area contributed by atoms with Gasteiger partial charge in [0.2, 0.25) is 0 Å². The van der Waals surface area contributed by atoms with E-state index in [1.165, 1.54) is 13.2 Å². The Morgan fingerprint density at radius 3 is 2.79 bits per heavy atom. The zero-order valence-corrected chi connectivity index (χ0v) is 10.7. The number of nitrogens with zero attached hydrogens (tertiary/aromatic N) is 1. The van der Waals surface area contributed by atoms with Gasteiger partial charge in [-0.3, -0.25) is 10.1 Å². The van der Waals surface area contributed by atoms with Gasteiger partial charge < -0.3 is 14.5 Å². The zero-order valence-electron chi connectivity index (χ0n) is 10.7. The van der Waals surface area contributed by atoms with Crippen LogP contribution in [0.15, 0.2) is 34.9 Å². The lowest BCUT2D eigenvalue weighted by atomic mass is 10.2. The van der Waals surface area contributed by atoms with Gasteiger partial charge in [0.25, 0.3) is 0 Å². The molecule has 1 N–H and O–H groups in total. The minimum Gasteiger partial charge on any atom is -0.490 e. The minimum absolute atomic E-state index is 0.0486. The molecule has 0 spiro atoms. The summed E-state index contributed by atoms with van der Waals surface area (Å²) in [5.74, 6) is 1.08. The number of hydrogen-bond acceptors (Lipinski definition) is 5. The van der Waals surface area contributed by atoms with Crippen LogP contribution in [0.25, 0.3) is 0 Å². The lowest BCUT2D eigenvalue weighted by Gasteiger charge is -2.08. The molecule has 0 amide bonds. The summed E-state index contributed by atoms with van der Waals surface area (Å²) in [5.41, 5.74) is 1.74. The van der Waals surface area contributed by atoms with Gasteiger partial charge in [-0.1, -0.05) is 0 Å². The molecular weight excluding hydrogens is 248 g/mol. The first-order valence-electron chi connectivity index (χ1n) is 5.71. The summed E-state index contributed by atoms with van der Waals surface area (Å²) in [6.45, 7) is 2.47. The monoisotopic (exact) mass is 262 g/mol. The Bertz CT molecular complexity index is 592. The van der Waals surface area contributed by atoms with Gasteiger partial charge in [-0.15, -0.1) is 0 Å². The third kappa shape index (κ3) is 2.85. The molecule has 0 atom stereocenters. The van der Waals surface area contributed by atoms with E-state index in [9.17, 15) is 10.1 Å². The smallest absolute Gasteiger partial charge is 0.311 e. The SMILES string of the molecule is COc1cc(NCc2ccoc2C)ccc1[N+](=O)[O-]. The summed E-state index contributed by atoms with van der Waals surface area (Å²) in [7, 11) is 1.41. The van der Waals surface area contributed by atoms with Crippen LogP contribution in [0.3, 0.4) is 0 Å². The number of rotatable bonds is 5. The fourth-order valence-electron chi connectivity index (χ4n) is 1.73. The van der Waals surface area contributed by atoms with Gasteiger partial charge >= 0.3 is 5.69 Å². The number of hydrogen-bond donors (Lipinski definition) is 1. The van der Waals surface area contributed by atoms with E-state index >= 15 is 0 Å². The molecule has 0 saturated heterocycles. The van der Waals surface area contributed by atoms with Gasteiger partial charge in [0, 0.05) is 29.9 Å². The van der Waals surface area contributed by atoms with Crippen molar-refractivity contribution in [1.29, 1.82) is 0 Å². The molecule has 19 heavy (non-hydrogen) atoms. The molecule has 0 aliphatic heterocycles. The predicted molar refractivity (Wildman–Crippen MR) is 70.4 cm³/mol. The molecule has 1 aromatic heterocycles. The minimum atomic E-state index is -0.469. The van der Waals surface area contributed by atoms with Crippen molar-refractivity contribution in [2.45, 2.75) is 13.5 Å². The third-order valence-corrected chi connectivity index (χ3v) is 2.83. The normalized spacial score (nSPS) is 10.2. The Kier molecular flexibility index (Phi) is 3.70. The summed E-state index contributed by atoms with van der Waals surface area (Å²) >= 11 is 0. The number of furan rings is 1. The first-order valence-corrected chi connectivity index (χ1v) is 5.71. The molecule has 6 nitrogen and oxygen atoms in total. The summed E-state index contributed by atoms with van der Waals surface area (Å²) in [5, 5.41) is 13.9. The van der Waals surface area contributed by atoms with E-state index in [-0.39, 0.29) is 11.4 Å². The molecule has 0 bridgehead atoms. The average molecular weight is 262 g/mol. The predicted octanol–water partition coefficient (Wildman–Crippen LogP) is 3.12. The van der Waals surface area contributed by atoms with Crippen LogP contribution in [-0.4, -0.2) is 12.0 Å². The Morgan fingerprint density at radius 2 is 2.21 bits per heavy atom. The molecule has 0 radical (unpaired) electrons. The summed E-state index contributed by atoms with van der Waals surface area (Å²) < 4.78 is 10.2. The van der Waals surface area contributed by atoms with E-state index in [1.54, 1.807) is 18.4 Å². The largest absolute Gasteiger partial charge is 0.490 e. The topological polar surface area (TPSA) is 77.5 Å². The Hall–Kier alpha value is -2.50. The number of nitro groups is 1. The number of aryl methyl sites for hydroxylation is 1. The van der Waals surface area contributed by atoms with Crippen molar-refractivity contribution in [2.75, 3.05) is 12.4 Å². The Morgan fingerprint density at radius 1 is 1.42 bits per heavy atom. The maximum Gasteiger partial charge on any atom is 0.311 e. The number of anilines is 1. The molecule has 1 heterocycles. The molecule has 0 saturated carbocycles. The van der Waals surface area contributed by atoms with Crippen LogP contribution in [-0.2, 0) is 6.54 Å². The second-order valence-corrected chi connectivity index (χ2v) is 4.00. The molecule has 0 fully saturated rings. The number of methoxy groups -OCH3 is 1. The first-order chi connectivity index (χ1) is 9.11. The van der Waals surface area contributed by atoms with Crippen molar-refractivity contribution < 1.29 is 14.1 Å². The number of benzene rings is 1. The summed E-state index contributed by atoms with van der Waals surface area (Å²) in [6, 6.07) is 6.55. The average Bonchev–Trinajstić information content (AvgIpc) is 2.81. The fourth-order valence-corrected chi connectivity index (χ4v) is 1.73. The Balaban J connectivity index is 2.13. The van der Waals surface area contributed by atoms with Crippen molar-refractivity contribution in [1.82, 2.24) is 0 Å². The standard InChI is InChI=1S/C13H14N2O4/c1-9-10(5-6-19-9)8-14-11-3-4-12(15(16)17)13(7-11)18-2/h3-7,14H,8H2,1-2H3. The molecule has 2 aromatic rings. The molecule has 0 unspecified atom stereocenters. The number of ether oxygens (including phenoxy) is 1. The molecular formula is C13H14N2O4. The summed E-state index contributed by atoms with van der Waals surface area (Å²) in [4.78, 5) is 10.3. The van der Waals surface area contributed by atoms with Crippen LogP contribution < -0.4 is 10.1 Å². The quantitative estimate of drug-likeness (QED) is 0.661. The molecule has 0 aliphatic carbocycles. The number of nitro benzene ring substituents is 1. The maximum absolute atomic E-state index is 10.8. The van der Waals surface area contributed by atoms with Gasteiger partial charge in [0.05, 0.1) is 18.3 Å². The van der Waals surface area contributed by atoms with Crippen molar-refractivity contribution in [2.24, 2.45) is 0 Å². The van der Waals surface area contributed by atoms with Crippen LogP contribution in [0, 0.1) is 17.0 Å². The van der Waals surface area contributed by atoms with Gasteiger partial charge in [-0.2, -0.15) is 0 Å². The molecule has 0 aliphatic rings. The highest BCUT2D eigenvalue weighted by Gasteiger charge is 2.14. The highest BCUT2D eigenvalue weighted by molar-refractivity contribution is 5.58. The first kappa shape index (κ1) is 12.9. The van der Waals surface area contributed by atoms with E-state index in [4.69, 9.17) is 9.15 Å². The lowest BCUT2D eigenvalue weighted by Crippen LogP contribution is -2.01. The van der Waals surface area contributed by atoms with E-state index in [1.807, 2.05) is 13.0 Å². The summed E-state index contributed by atoms with van der Waals surface area (Å²) in [6.07, 6.45) is 1.63. The van der Waals surface area contributed by atoms with E-state index in [0.717, 1.165) is 17.0 Å². The second kappa shape index (κ2) is 5.43. The van der Waals surface area contributed by atoms with Crippen LogP contribution in [0.4, 0.5) is 11.4 Å². The zero-order chi connectivity index (χ0) is 13.8. The lowest BCUT2D eigenvalue weighted by molar-refractivity contribution is -0.385. The van der Waals surface area contributed by atoms with Gasteiger partial charge in [-0.25, -0.2) is 0 Å². The maximum atomic E-state index is 10.8. The number of nitrogens with one attached hydrogen (secondary N) is 1. The van der Waals surface area contributed by atoms with Gasteiger partial charge in [0.1, 0.15) is 5.76 Å². The van der Waals surface area contributed by atoms with Crippen molar-refractivity contribution in [3.63, 3.8) is 0 Å². The van der Waals surface area contributed by atoms with E-state index in [2.05, 4.69) is 5.32 Å². The highest BCUT2D eigenvalue weighted by Crippen LogP contribution is 2.29. The molecule has 100 valence electrons. The van der Waals surface area contributed by atoms with Gasteiger partial charge in [-0.05, 0) is 19.1 Å². The Labute approximate surface area is 110 Å². The van der Waals surface area contributed by atoms with Crippen molar-refractivity contribution in [3.8, 4) is 5.75 Å². The third-order valence-electron chi connectivity index (χ3n) is 2.83. The van der Waals surface area contributed by atoms with E-state index in [0.29, 0.717) is 6.54 Å². The van der Waals surface area contributed by atoms with Crippen LogP contribution in [0.1, 0.15) is 11.3 Å². The highest BCUT2D eigenvalue weighted by atomic mass is 16.6. The molecule has 1 aromatic carbocycles. The fraction of sp³-hybridized carbons (Fsp3) is 0.231. The van der Waals surface area contributed by atoms with E-state index < -0.39 is 4.92 Å². The van der Waals surface area contributed by atoms with Crippen molar-refractivity contribution >= 4 is 11.4 Å². The van der Waals surface area contributed by atoms with Gasteiger partial charge in [0.15, 0.2) is 5.75 Å². The van der Waals surface area contributed by atoms with Crippen LogP contribution >= 0.6 is 0 Å². The molecule has 2 rings (SSSR count). The van der Waals surface area contributed by atoms with Crippen molar-refractivity contribution in [3.05, 3.63) is 52.0 Å². The molecule has 6 heteroatoms.